The normalized spacial score (nSPS) is 24.4. The molecule has 0 N–H and O–H groups in total. The molecule has 90 valence electrons. The highest BCUT2D eigenvalue weighted by molar-refractivity contribution is 7.09. The Hall–Kier alpha value is -0.900. The molecule has 0 amide bonds. The van der Waals surface area contributed by atoms with Crippen LogP contribution in [0.2, 0.25) is 0 Å². The van der Waals surface area contributed by atoms with Crippen LogP contribution in [0.5, 0.6) is 0 Å². The molecule has 0 radical (unpaired) electrons. The van der Waals surface area contributed by atoms with Gasteiger partial charge in [-0.2, -0.15) is 4.37 Å². The van der Waals surface area contributed by atoms with Gasteiger partial charge < -0.3 is 4.90 Å². The van der Waals surface area contributed by atoms with Crippen molar-refractivity contribution in [3.8, 4) is 0 Å². The molecule has 1 aliphatic heterocycles. The number of nitrogens with zero attached hydrogens (tertiary/aromatic N) is 3. The van der Waals surface area contributed by atoms with E-state index in [9.17, 15) is 0 Å². The van der Waals surface area contributed by atoms with E-state index in [1.165, 1.54) is 38.5 Å². The predicted molar refractivity (Wildman–Crippen MR) is 69.6 cm³/mol. The van der Waals surface area contributed by atoms with Crippen LogP contribution in [0, 0.1) is 0 Å². The van der Waals surface area contributed by atoms with Gasteiger partial charge >= 0.3 is 0 Å². The van der Waals surface area contributed by atoms with Crippen molar-refractivity contribution in [1.82, 2.24) is 9.36 Å². The predicted octanol–water partition coefficient (Wildman–Crippen LogP) is 3.11. The van der Waals surface area contributed by atoms with Crippen molar-refractivity contribution in [2.24, 2.45) is 0 Å². The molecule has 0 atom stereocenters. The van der Waals surface area contributed by atoms with Crippen molar-refractivity contribution >= 4 is 16.7 Å². The van der Waals surface area contributed by atoms with Crippen molar-refractivity contribution < 1.29 is 0 Å². The van der Waals surface area contributed by atoms with Gasteiger partial charge in [0.2, 0.25) is 5.13 Å². The van der Waals surface area contributed by atoms with Gasteiger partial charge in [-0.3, -0.25) is 0 Å². The molecule has 2 heterocycles. The molecule has 0 spiro atoms. The number of hydrogen-bond donors (Lipinski definition) is 0. The van der Waals surface area contributed by atoms with E-state index in [-0.39, 0.29) is 0 Å². The van der Waals surface area contributed by atoms with Gasteiger partial charge in [0.15, 0.2) is 0 Å². The van der Waals surface area contributed by atoms with Crippen molar-refractivity contribution in [2.75, 3.05) is 18.0 Å². The first-order chi connectivity index (χ1) is 8.40. The summed E-state index contributed by atoms with van der Waals surface area (Å²) < 4.78 is 4.50. The third kappa shape index (κ3) is 1.99. The van der Waals surface area contributed by atoms with Gasteiger partial charge in [-0.15, -0.1) is 0 Å². The van der Waals surface area contributed by atoms with Gasteiger partial charge in [-0.1, -0.05) is 11.1 Å². The maximum Gasteiger partial charge on any atom is 0.205 e. The fourth-order valence-electron chi connectivity index (χ4n) is 2.60. The number of aromatic nitrogens is 2. The van der Waals surface area contributed by atoms with E-state index in [1.54, 1.807) is 22.7 Å². The van der Waals surface area contributed by atoms with Crippen molar-refractivity contribution in [1.29, 1.82) is 0 Å². The zero-order valence-electron chi connectivity index (χ0n) is 9.98. The highest BCUT2D eigenvalue weighted by Gasteiger charge is 2.29. The Morgan fingerprint density at radius 3 is 2.35 bits per heavy atom. The number of hydrogen-bond acceptors (Lipinski definition) is 4. The number of allylic oxidation sites excluding steroid dienone is 1. The lowest BCUT2D eigenvalue weighted by atomic mass is 10.0. The number of rotatable bonds is 2. The van der Waals surface area contributed by atoms with Crippen LogP contribution >= 0.6 is 11.5 Å². The Morgan fingerprint density at radius 2 is 1.71 bits per heavy atom. The summed E-state index contributed by atoms with van der Waals surface area (Å²) >= 11 is 1.60. The molecular formula is C13H17N3S. The fraction of sp³-hybridized carbons (Fsp3) is 0.692. The van der Waals surface area contributed by atoms with Crippen LogP contribution < -0.4 is 4.90 Å². The van der Waals surface area contributed by atoms with E-state index < -0.39 is 0 Å². The topological polar surface area (TPSA) is 29.0 Å². The van der Waals surface area contributed by atoms with Crippen LogP contribution in [0.4, 0.5) is 5.13 Å². The van der Waals surface area contributed by atoms with Crippen LogP contribution in [0.25, 0.3) is 0 Å². The SMILES string of the molecule is C1CC1=C1CCN(c2nc(C3CC3)ns2)CC1. The van der Waals surface area contributed by atoms with Crippen LogP contribution in [0.1, 0.15) is 50.3 Å². The zero-order valence-corrected chi connectivity index (χ0v) is 10.8. The van der Waals surface area contributed by atoms with Gasteiger partial charge in [0, 0.05) is 30.5 Å². The van der Waals surface area contributed by atoms with Gasteiger partial charge in [0.25, 0.3) is 0 Å². The molecule has 4 heteroatoms. The molecule has 3 fully saturated rings. The second-order valence-corrected chi connectivity index (χ2v) is 6.13. The summed E-state index contributed by atoms with van der Waals surface area (Å²) in [5.74, 6) is 1.80. The molecular weight excluding hydrogens is 230 g/mol. The van der Waals surface area contributed by atoms with Crippen molar-refractivity contribution in [3.63, 3.8) is 0 Å². The smallest absolute Gasteiger partial charge is 0.205 e. The lowest BCUT2D eigenvalue weighted by Gasteiger charge is -2.27. The van der Waals surface area contributed by atoms with E-state index in [2.05, 4.69) is 9.27 Å². The first-order valence-electron chi connectivity index (χ1n) is 6.68. The summed E-state index contributed by atoms with van der Waals surface area (Å²) in [6.45, 7) is 2.30. The lowest BCUT2D eigenvalue weighted by Crippen LogP contribution is -2.30. The Morgan fingerprint density at radius 1 is 1.00 bits per heavy atom. The largest absolute Gasteiger partial charge is 0.346 e. The maximum absolute atomic E-state index is 4.70. The number of piperidine rings is 1. The van der Waals surface area contributed by atoms with Crippen LogP contribution in [-0.2, 0) is 0 Å². The molecule has 1 saturated heterocycles. The van der Waals surface area contributed by atoms with Crippen molar-refractivity contribution in [2.45, 2.75) is 44.4 Å². The first kappa shape index (κ1) is 10.1. The minimum absolute atomic E-state index is 0.689. The van der Waals surface area contributed by atoms with Gasteiger partial charge in [0.05, 0.1) is 0 Å². The minimum Gasteiger partial charge on any atom is -0.346 e. The average molecular weight is 247 g/mol. The number of anilines is 1. The Labute approximate surface area is 106 Å². The first-order valence-corrected chi connectivity index (χ1v) is 7.46. The van der Waals surface area contributed by atoms with Gasteiger partial charge in [-0.05, 0) is 38.5 Å². The molecule has 17 heavy (non-hydrogen) atoms. The average Bonchev–Trinajstić information content (AvgIpc) is 3.28. The van der Waals surface area contributed by atoms with Crippen LogP contribution in [-0.4, -0.2) is 22.4 Å². The summed E-state index contributed by atoms with van der Waals surface area (Å²) in [5.41, 5.74) is 3.49. The summed E-state index contributed by atoms with van der Waals surface area (Å²) in [6.07, 6.45) is 7.86. The maximum atomic E-state index is 4.70. The highest BCUT2D eigenvalue weighted by atomic mass is 32.1. The molecule has 1 aromatic rings. The molecule has 1 aromatic heterocycles. The molecule has 0 unspecified atom stereocenters. The quantitative estimate of drug-likeness (QED) is 0.752. The Balaban J connectivity index is 1.46. The molecule has 0 aromatic carbocycles. The van der Waals surface area contributed by atoms with E-state index in [4.69, 9.17) is 4.98 Å². The van der Waals surface area contributed by atoms with E-state index in [0.717, 1.165) is 24.0 Å². The second kappa shape index (κ2) is 3.80. The lowest BCUT2D eigenvalue weighted by molar-refractivity contribution is 0.679. The third-order valence-electron chi connectivity index (χ3n) is 4.01. The third-order valence-corrected chi connectivity index (χ3v) is 4.80. The molecule has 4 rings (SSSR count). The summed E-state index contributed by atoms with van der Waals surface area (Å²) in [7, 11) is 0. The Bertz CT molecular complexity index is 457. The van der Waals surface area contributed by atoms with Crippen LogP contribution in [0.3, 0.4) is 0 Å². The monoisotopic (exact) mass is 247 g/mol. The van der Waals surface area contributed by atoms with Gasteiger partial charge in [0.1, 0.15) is 5.82 Å². The molecule has 3 nitrogen and oxygen atoms in total. The molecule has 0 bridgehead atoms. The van der Waals surface area contributed by atoms with E-state index in [1.807, 2.05) is 0 Å². The molecule has 3 aliphatic rings. The molecule has 2 aliphatic carbocycles. The van der Waals surface area contributed by atoms with Crippen LogP contribution in [0.15, 0.2) is 11.1 Å². The van der Waals surface area contributed by atoms with E-state index in [0.29, 0.717) is 5.92 Å². The van der Waals surface area contributed by atoms with Crippen molar-refractivity contribution in [3.05, 3.63) is 17.0 Å². The zero-order chi connectivity index (χ0) is 11.2. The summed E-state index contributed by atoms with van der Waals surface area (Å²) in [4.78, 5) is 7.13. The summed E-state index contributed by atoms with van der Waals surface area (Å²) in [5, 5.41) is 1.16. The standard InChI is InChI=1S/C13H17N3S/c1-2-9(1)10-5-7-16(8-6-10)13-14-12(15-17-13)11-3-4-11/h11H,1-8H2. The Kier molecular flexibility index (Phi) is 2.25. The fourth-order valence-corrected chi connectivity index (χ4v) is 3.40. The van der Waals surface area contributed by atoms with Gasteiger partial charge in [-0.25, -0.2) is 4.98 Å². The summed E-state index contributed by atoms with van der Waals surface area (Å²) in [6, 6.07) is 0. The second-order valence-electron chi connectivity index (χ2n) is 5.40. The highest BCUT2D eigenvalue weighted by Crippen LogP contribution is 2.40. The minimum atomic E-state index is 0.689. The molecule has 2 saturated carbocycles. The van der Waals surface area contributed by atoms with E-state index >= 15 is 0 Å².